The van der Waals surface area contributed by atoms with Gasteiger partial charge in [0.05, 0.1) is 16.9 Å². The number of anilines is 1. The molecule has 2 aromatic carbocycles. The van der Waals surface area contributed by atoms with Gasteiger partial charge >= 0.3 is 6.18 Å². The molecule has 0 atom stereocenters. The molecule has 0 aliphatic carbocycles. The van der Waals surface area contributed by atoms with Crippen LogP contribution in [0.5, 0.6) is 0 Å². The standard InChI is InChI=1S/C15H15F3N4/c16-15(17,18)11-6-2-4-8-13(11)22-14(20)21-12-7-3-1-5-10(12)9-19/h1-8H,9,19H2,(H3,20,21,22). The molecule has 0 aliphatic heterocycles. The molecule has 116 valence electrons. The van der Waals surface area contributed by atoms with Crippen molar-refractivity contribution < 1.29 is 13.2 Å². The maximum Gasteiger partial charge on any atom is 0.418 e. The van der Waals surface area contributed by atoms with Crippen LogP contribution in [0.1, 0.15) is 11.1 Å². The Balaban J connectivity index is 2.30. The average molecular weight is 308 g/mol. The average Bonchev–Trinajstić information content (AvgIpc) is 2.47. The molecule has 0 aliphatic rings. The van der Waals surface area contributed by atoms with Crippen LogP contribution in [0.15, 0.2) is 53.5 Å². The number of alkyl halides is 3. The monoisotopic (exact) mass is 308 g/mol. The van der Waals surface area contributed by atoms with Gasteiger partial charge in [-0.2, -0.15) is 13.2 Å². The first-order valence-corrected chi connectivity index (χ1v) is 6.47. The van der Waals surface area contributed by atoms with Crippen LogP contribution in [0.25, 0.3) is 0 Å². The quantitative estimate of drug-likeness (QED) is 0.602. The Morgan fingerprint density at radius 3 is 2.36 bits per heavy atom. The maximum absolute atomic E-state index is 12.9. The summed E-state index contributed by atoms with van der Waals surface area (Å²) >= 11 is 0. The lowest BCUT2D eigenvalue weighted by Gasteiger charge is -2.14. The first-order chi connectivity index (χ1) is 10.4. The Morgan fingerprint density at radius 2 is 1.68 bits per heavy atom. The van der Waals surface area contributed by atoms with Crippen molar-refractivity contribution in [1.29, 1.82) is 0 Å². The second-order valence-corrected chi connectivity index (χ2v) is 4.50. The minimum Gasteiger partial charge on any atom is -0.369 e. The first kappa shape index (κ1) is 15.8. The predicted molar refractivity (Wildman–Crippen MR) is 80.7 cm³/mol. The van der Waals surface area contributed by atoms with Gasteiger partial charge in [-0.15, -0.1) is 0 Å². The summed E-state index contributed by atoms with van der Waals surface area (Å²) in [6.45, 7) is 0.256. The Hall–Kier alpha value is -2.54. The van der Waals surface area contributed by atoms with E-state index in [0.29, 0.717) is 5.69 Å². The van der Waals surface area contributed by atoms with Crippen LogP contribution in [0.2, 0.25) is 0 Å². The molecular formula is C15H15F3N4. The number of guanidine groups is 1. The van der Waals surface area contributed by atoms with Crippen molar-refractivity contribution in [3.63, 3.8) is 0 Å². The molecule has 5 N–H and O–H groups in total. The third-order valence-electron chi connectivity index (χ3n) is 2.95. The zero-order valence-corrected chi connectivity index (χ0v) is 11.6. The highest BCUT2D eigenvalue weighted by Gasteiger charge is 2.33. The first-order valence-electron chi connectivity index (χ1n) is 6.47. The molecule has 4 nitrogen and oxygen atoms in total. The van der Waals surface area contributed by atoms with Crippen LogP contribution >= 0.6 is 0 Å². The second kappa shape index (κ2) is 6.48. The van der Waals surface area contributed by atoms with Crippen LogP contribution in [0.4, 0.5) is 24.5 Å². The van der Waals surface area contributed by atoms with Crippen molar-refractivity contribution in [3.05, 3.63) is 59.7 Å². The number of halogens is 3. The summed E-state index contributed by atoms with van der Waals surface area (Å²) in [5, 5.41) is 2.48. The fourth-order valence-electron chi connectivity index (χ4n) is 1.93. The largest absolute Gasteiger partial charge is 0.418 e. The van der Waals surface area contributed by atoms with Crippen LogP contribution in [0.3, 0.4) is 0 Å². The predicted octanol–water partition coefficient (Wildman–Crippen LogP) is 3.22. The van der Waals surface area contributed by atoms with Gasteiger partial charge in [0.1, 0.15) is 0 Å². The van der Waals surface area contributed by atoms with E-state index in [0.717, 1.165) is 11.6 Å². The fraction of sp³-hybridized carbons (Fsp3) is 0.133. The normalized spacial score (nSPS) is 12.3. The van der Waals surface area contributed by atoms with Crippen molar-refractivity contribution in [1.82, 2.24) is 0 Å². The molecule has 22 heavy (non-hydrogen) atoms. The number of rotatable bonds is 3. The van der Waals surface area contributed by atoms with E-state index in [9.17, 15) is 13.2 Å². The van der Waals surface area contributed by atoms with Gasteiger partial charge in [-0.25, -0.2) is 4.99 Å². The van der Waals surface area contributed by atoms with Gasteiger partial charge in [0, 0.05) is 6.54 Å². The van der Waals surface area contributed by atoms with Crippen LogP contribution in [-0.2, 0) is 12.7 Å². The number of para-hydroxylation sites is 2. The number of nitrogens with zero attached hydrogens (tertiary/aromatic N) is 1. The lowest BCUT2D eigenvalue weighted by Crippen LogP contribution is -2.24. The summed E-state index contributed by atoms with van der Waals surface area (Å²) in [7, 11) is 0. The summed E-state index contributed by atoms with van der Waals surface area (Å²) in [5.74, 6) is -0.141. The van der Waals surface area contributed by atoms with Crippen LogP contribution < -0.4 is 16.8 Å². The SMILES string of the molecule is NCc1ccccc1N=C(N)Nc1ccccc1C(F)(F)F. The third kappa shape index (κ3) is 3.76. The molecule has 0 aromatic heterocycles. The van der Waals surface area contributed by atoms with Gasteiger partial charge < -0.3 is 16.8 Å². The van der Waals surface area contributed by atoms with E-state index in [1.54, 1.807) is 24.3 Å². The Labute approximate surface area is 125 Å². The van der Waals surface area contributed by atoms with Gasteiger partial charge in [0.2, 0.25) is 0 Å². The Morgan fingerprint density at radius 1 is 1.05 bits per heavy atom. The minimum absolute atomic E-state index is 0.141. The molecular weight excluding hydrogens is 293 g/mol. The van der Waals surface area contributed by atoms with Crippen molar-refractivity contribution in [3.8, 4) is 0 Å². The number of benzene rings is 2. The van der Waals surface area contributed by atoms with Crippen molar-refractivity contribution in [2.75, 3.05) is 5.32 Å². The van der Waals surface area contributed by atoms with Gasteiger partial charge in [0.15, 0.2) is 5.96 Å². The summed E-state index contributed by atoms with van der Waals surface area (Å²) in [6, 6.07) is 12.1. The molecule has 2 aromatic rings. The van der Waals surface area contributed by atoms with Crippen LogP contribution in [-0.4, -0.2) is 5.96 Å². The zero-order valence-electron chi connectivity index (χ0n) is 11.6. The molecule has 2 rings (SSSR count). The third-order valence-corrected chi connectivity index (χ3v) is 2.95. The van der Waals surface area contributed by atoms with Crippen molar-refractivity contribution in [2.24, 2.45) is 16.5 Å². The Kier molecular flexibility index (Phi) is 4.67. The molecule has 0 fully saturated rings. The summed E-state index contributed by atoms with van der Waals surface area (Å²) in [4.78, 5) is 4.08. The number of nitrogens with one attached hydrogen (secondary N) is 1. The van der Waals surface area contributed by atoms with E-state index < -0.39 is 11.7 Å². The number of hydrogen-bond acceptors (Lipinski definition) is 2. The van der Waals surface area contributed by atoms with Gasteiger partial charge in [-0.3, -0.25) is 0 Å². The molecule has 0 saturated heterocycles. The van der Waals surface area contributed by atoms with Gasteiger partial charge in [-0.05, 0) is 23.8 Å². The van der Waals surface area contributed by atoms with E-state index in [1.807, 2.05) is 0 Å². The minimum atomic E-state index is -4.47. The maximum atomic E-state index is 12.9. The van der Waals surface area contributed by atoms with E-state index in [4.69, 9.17) is 11.5 Å². The molecule has 0 bridgehead atoms. The number of hydrogen-bond donors (Lipinski definition) is 3. The zero-order chi connectivity index (χ0) is 16.2. The summed E-state index contributed by atoms with van der Waals surface area (Å²) in [5.41, 5.74) is 11.6. The molecule has 7 heteroatoms. The van der Waals surface area contributed by atoms with E-state index >= 15 is 0 Å². The highest BCUT2D eigenvalue weighted by molar-refractivity contribution is 5.95. The fourth-order valence-corrected chi connectivity index (χ4v) is 1.93. The van der Waals surface area contributed by atoms with Gasteiger partial charge in [0.25, 0.3) is 0 Å². The van der Waals surface area contributed by atoms with E-state index in [1.165, 1.54) is 18.2 Å². The smallest absolute Gasteiger partial charge is 0.369 e. The molecule has 0 heterocycles. The van der Waals surface area contributed by atoms with Gasteiger partial charge in [-0.1, -0.05) is 30.3 Å². The van der Waals surface area contributed by atoms with E-state index in [-0.39, 0.29) is 18.2 Å². The second-order valence-electron chi connectivity index (χ2n) is 4.50. The topological polar surface area (TPSA) is 76.4 Å². The van der Waals surface area contributed by atoms with Crippen molar-refractivity contribution >= 4 is 17.3 Å². The molecule has 0 saturated carbocycles. The molecule has 0 unspecified atom stereocenters. The molecule has 0 radical (unpaired) electrons. The molecule has 0 amide bonds. The lowest BCUT2D eigenvalue weighted by atomic mass is 10.1. The Bertz CT molecular complexity index is 680. The van der Waals surface area contributed by atoms with E-state index in [2.05, 4.69) is 10.3 Å². The molecule has 0 spiro atoms. The van der Waals surface area contributed by atoms with Crippen LogP contribution in [0, 0.1) is 0 Å². The highest BCUT2D eigenvalue weighted by atomic mass is 19.4. The summed E-state index contributed by atoms with van der Waals surface area (Å²) < 4.78 is 38.7. The lowest BCUT2D eigenvalue weighted by molar-refractivity contribution is -0.136. The number of aliphatic imine (C=N–C) groups is 1. The summed E-state index contributed by atoms with van der Waals surface area (Å²) in [6.07, 6.45) is -4.47. The highest BCUT2D eigenvalue weighted by Crippen LogP contribution is 2.34. The number of nitrogens with two attached hydrogens (primary N) is 2. The van der Waals surface area contributed by atoms with Crippen molar-refractivity contribution in [2.45, 2.75) is 12.7 Å².